The van der Waals surface area contributed by atoms with Crippen LogP contribution in [0.4, 0.5) is 0 Å². The molecule has 0 aliphatic carbocycles. The number of aliphatic hydroxyl groups excluding tert-OH is 1. The molecule has 22 heavy (non-hydrogen) atoms. The Kier molecular flexibility index (Phi) is 5.46. The first-order chi connectivity index (χ1) is 10.5. The molecule has 1 amide bonds. The zero-order valence-corrected chi connectivity index (χ0v) is 13.4. The number of benzene rings is 1. The number of aliphatic hydroxyl groups is 1. The highest BCUT2D eigenvalue weighted by atomic mass is 32.1. The Bertz CT molecular complexity index is 661. The molecule has 0 radical (unpaired) electrons. The summed E-state index contributed by atoms with van der Waals surface area (Å²) >= 11 is 1.23. The van der Waals surface area contributed by atoms with Crippen molar-refractivity contribution in [3.63, 3.8) is 0 Å². The largest absolute Gasteiger partial charge is 0.394 e. The highest BCUT2D eigenvalue weighted by Crippen LogP contribution is 2.18. The van der Waals surface area contributed by atoms with Gasteiger partial charge in [0.15, 0.2) is 5.78 Å². The van der Waals surface area contributed by atoms with Crippen LogP contribution in [0.3, 0.4) is 0 Å². The van der Waals surface area contributed by atoms with E-state index in [1.807, 2.05) is 24.3 Å². The Hall–Kier alpha value is -1.98. The highest BCUT2D eigenvalue weighted by Gasteiger charge is 2.17. The number of nitrogens with one attached hydrogen (secondary N) is 1. The first-order valence-corrected chi connectivity index (χ1v) is 8.03. The van der Waals surface area contributed by atoms with Gasteiger partial charge in [0.2, 0.25) is 0 Å². The lowest BCUT2D eigenvalue weighted by atomic mass is 10.0. The van der Waals surface area contributed by atoms with Gasteiger partial charge in [-0.05, 0) is 30.5 Å². The first-order valence-electron chi connectivity index (χ1n) is 7.15. The lowest BCUT2D eigenvalue weighted by molar-refractivity contribution is 0.0920. The molecule has 0 bridgehead atoms. The predicted octanol–water partition coefficient (Wildman–Crippen LogP) is 2.98. The van der Waals surface area contributed by atoms with Crippen molar-refractivity contribution in [1.82, 2.24) is 5.32 Å². The van der Waals surface area contributed by atoms with Crippen LogP contribution in [0.5, 0.6) is 0 Å². The van der Waals surface area contributed by atoms with Crippen LogP contribution in [0.2, 0.25) is 0 Å². The summed E-state index contributed by atoms with van der Waals surface area (Å²) in [6, 6.07) is 8.93. The minimum Gasteiger partial charge on any atom is -0.394 e. The summed E-state index contributed by atoms with van der Waals surface area (Å²) in [6.45, 7) is 3.36. The van der Waals surface area contributed by atoms with E-state index in [2.05, 4.69) is 12.2 Å². The average Bonchev–Trinajstić information content (AvgIpc) is 3.03. The summed E-state index contributed by atoms with van der Waals surface area (Å²) in [5, 5.41) is 14.0. The van der Waals surface area contributed by atoms with E-state index in [4.69, 9.17) is 0 Å². The molecule has 0 aliphatic rings. The molecular formula is C17H19NO3S. The molecule has 5 heteroatoms. The number of hydrogen-bond acceptors (Lipinski definition) is 4. The maximum absolute atomic E-state index is 12.2. The van der Waals surface area contributed by atoms with Gasteiger partial charge in [-0.3, -0.25) is 9.59 Å². The van der Waals surface area contributed by atoms with Gasteiger partial charge in [-0.2, -0.15) is 0 Å². The molecule has 1 unspecified atom stereocenters. The number of ketones is 1. The Morgan fingerprint density at radius 2 is 1.95 bits per heavy atom. The van der Waals surface area contributed by atoms with Crippen molar-refractivity contribution in [2.45, 2.75) is 26.3 Å². The summed E-state index contributed by atoms with van der Waals surface area (Å²) in [5.74, 6) is -0.347. The van der Waals surface area contributed by atoms with E-state index in [9.17, 15) is 14.7 Å². The molecule has 0 saturated heterocycles. The van der Waals surface area contributed by atoms with Crippen molar-refractivity contribution in [2.75, 3.05) is 6.61 Å². The number of carbonyl (C=O) groups excluding carboxylic acids is 2. The maximum Gasteiger partial charge on any atom is 0.261 e. The van der Waals surface area contributed by atoms with E-state index in [0.29, 0.717) is 10.4 Å². The fraction of sp³-hybridized carbons (Fsp3) is 0.294. The standard InChI is InChI=1S/C17H19NO3S/c1-3-12-4-6-13(7-5-12)15(9-19)18-17(21)16-8-14(10-22-16)11(2)20/h4-8,10,15,19H,3,9H2,1-2H3,(H,18,21). The van der Waals surface area contributed by atoms with Crippen molar-refractivity contribution < 1.29 is 14.7 Å². The van der Waals surface area contributed by atoms with E-state index >= 15 is 0 Å². The third-order valence-electron chi connectivity index (χ3n) is 3.51. The summed E-state index contributed by atoms with van der Waals surface area (Å²) in [5.41, 5.74) is 2.59. The topological polar surface area (TPSA) is 66.4 Å². The second-order valence-electron chi connectivity index (χ2n) is 5.06. The molecule has 0 spiro atoms. The van der Waals surface area contributed by atoms with Gasteiger partial charge >= 0.3 is 0 Å². The molecule has 0 fully saturated rings. The molecule has 1 aromatic heterocycles. The van der Waals surface area contributed by atoms with Crippen LogP contribution in [0, 0.1) is 0 Å². The summed E-state index contributed by atoms with van der Waals surface area (Å²) in [6.07, 6.45) is 0.944. The summed E-state index contributed by atoms with van der Waals surface area (Å²) in [4.78, 5) is 24.0. The molecule has 2 aromatic rings. The van der Waals surface area contributed by atoms with Crippen molar-refractivity contribution >= 4 is 23.0 Å². The van der Waals surface area contributed by atoms with Crippen LogP contribution in [-0.2, 0) is 6.42 Å². The Labute approximate surface area is 133 Å². The van der Waals surface area contributed by atoms with E-state index in [1.54, 1.807) is 11.4 Å². The summed E-state index contributed by atoms with van der Waals surface area (Å²) in [7, 11) is 0. The molecule has 116 valence electrons. The van der Waals surface area contributed by atoms with Gasteiger partial charge in [0.05, 0.1) is 17.5 Å². The number of rotatable bonds is 6. The van der Waals surface area contributed by atoms with Gasteiger partial charge in [-0.25, -0.2) is 0 Å². The number of thiophene rings is 1. The number of aryl methyl sites for hydroxylation is 1. The minimum absolute atomic E-state index is 0.0656. The van der Waals surface area contributed by atoms with Crippen molar-refractivity contribution in [2.24, 2.45) is 0 Å². The Balaban J connectivity index is 2.10. The third kappa shape index (κ3) is 3.81. The fourth-order valence-electron chi connectivity index (χ4n) is 2.09. The number of hydrogen-bond donors (Lipinski definition) is 2. The van der Waals surface area contributed by atoms with Gasteiger partial charge in [0.25, 0.3) is 5.91 Å². The monoisotopic (exact) mass is 317 g/mol. The lowest BCUT2D eigenvalue weighted by Crippen LogP contribution is -2.30. The molecule has 1 atom stereocenters. The van der Waals surface area contributed by atoms with Crippen molar-refractivity contribution in [3.8, 4) is 0 Å². The molecule has 0 saturated carbocycles. The van der Waals surface area contributed by atoms with Crippen LogP contribution in [-0.4, -0.2) is 23.4 Å². The van der Waals surface area contributed by atoms with Crippen molar-refractivity contribution in [1.29, 1.82) is 0 Å². The fourth-order valence-corrected chi connectivity index (χ4v) is 2.94. The van der Waals surface area contributed by atoms with E-state index in [0.717, 1.165) is 12.0 Å². The Morgan fingerprint density at radius 3 is 2.45 bits per heavy atom. The van der Waals surface area contributed by atoms with Gasteiger partial charge < -0.3 is 10.4 Å². The van der Waals surface area contributed by atoms with Crippen LogP contribution < -0.4 is 5.32 Å². The normalized spacial score (nSPS) is 12.0. The van der Waals surface area contributed by atoms with Crippen LogP contribution in [0.25, 0.3) is 0 Å². The number of amides is 1. The van der Waals surface area contributed by atoms with Crippen LogP contribution in [0.15, 0.2) is 35.7 Å². The lowest BCUT2D eigenvalue weighted by Gasteiger charge is -2.16. The molecule has 2 N–H and O–H groups in total. The zero-order valence-electron chi connectivity index (χ0n) is 12.6. The SMILES string of the molecule is CCc1ccc(C(CO)NC(=O)c2cc(C(C)=O)cs2)cc1. The Morgan fingerprint density at radius 1 is 1.27 bits per heavy atom. The molecule has 0 aliphatic heterocycles. The van der Waals surface area contributed by atoms with Crippen molar-refractivity contribution in [3.05, 3.63) is 57.3 Å². The van der Waals surface area contributed by atoms with Gasteiger partial charge in [0.1, 0.15) is 0 Å². The summed E-state index contributed by atoms with van der Waals surface area (Å²) < 4.78 is 0. The van der Waals surface area contributed by atoms with Crippen LogP contribution in [0.1, 0.15) is 51.0 Å². The van der Waals surface area contributed by atoms with Gasteiger partial charge in [-0.15, -0.1) is 11.3 Å². The number of carbonyl (C=O) groups is 2. The van der Waals surface area contributed by atoms with Gasteiger partial charge in [-0.1, -0.05) is 31.2 Å². The maximum atomic E-state index is 12.2. The molecular weight excluding hydrogens is 298 g/mol. The molecule has 1 aromatic carbocycles. The van der Waals surface area contributed by atoms with E-state index < -0.39 is 6.04 Å². The van der Waals surface area contributed by atoms with E-state index in [1.165, 1.54) is 23.8 Å². The second kappa shape index (κ2) is 7.33. The quantitative estimate of drug-likeness (QED) is 0.805. The predicted molar refractivity (Wildman–Crippen MR) is 87.4 cm³/mol. The average molecular weight is 317 g/mol. The molecule has 2 rings (SSSR count). The van der Waals surface area contributed by atoms with E-state index in [-0.39, 0.29) is 18.3 Å². The first kappa shape index (κ1) is 16.4. The van der Waals surface area contributed by atoms with Crippen LogP contribution >= 0.6 is 11.3 Å². The highest BCUT2D eigenvalue weighted by molar-refractivity contribution is 7.12. The number of Topliss-reactive ketones (excluding diaryl/α,β-unsaturated/α-hetero) is 1. The third-order valence-corrected chi connectivity index (χ3v) is 4.44. The smallest absolute Gasteiger partial charge is 0.261 e. The zero-order chi connectivity index (χ0) is 16.1. The molecule has 4 nitrogen and oxygen atoms in total. The van der Waals surface area contributed by atoms with Gasteiger partial charge in [0, 0.05) is 10.9 Å². The molecule has 1 heterocycles. The second-order valence-corrected chi connectivity index (χ2v) is 5.97. The minimum atomic E-state index is -0.457.